The molecule has 0 unspecified atom stereocenters. The minimum atomic E-state index is -4.66. The Morgan fingerprint density at radius 3 is 2.38 bits per heavy atom. The van der Waals surface area contributed by atoms with Gasteiger partial charge in [-0.15, -0.1) is 0 Å². The van der Waals surface area contributed by atoms with Gasteiger partial charge < -0.3 is 19.7 Å². The predicted octanol–water partition coefficient (Wildman–Crippen LogP) is 3.42. The molecule has 1 saturated heterocycles. The highest BCUT2D eigenvalue weighted by atomic mass is 19.4. The number of carbonyl (C=O) groups excluding carboxylic acids is 4. The standard InChI is InChI=1S/C23H21F3N2O6/c1-2-33-21(31)14-7-9-16(10-8-14)28-12-15(11-20(28)30)22(32)34-13-19(29)27-18-6-4-3-5-17(18)23(24,25)26/h3-10,15H,2,11-13H2,1H3,(H,27,29)/t15-/m1/s1. The molecule has 0 aliphatic carbocycles. The summed E-state index contributed by atoms with van der Waals surface area (Å²) in [7, 11) is 0. The van der Waals surface area contributed by atoms with Gasteiger partial charge in [-0.05, 0) is 43.3 Å². The summed E-state index contributed by atoms with van der Waals surface area (Å²) in [5, 5.41) is 2.08. The second-order valence-corrected chi connectivity index (χ2v) is 7.37. The number of alkyl halides is 3. The van der Waals surface area contributed by atoms with Crippen LogP contribution in [0.5, 0.6) is 0 Å². The molecule has 8 nitrogen and oxygen atoms in total. The molecule has 1 atom stereocenters. The average Bonchev–Trinajstić information content (AvgIpc) is 3.19. The number of anilines is 2. The van der Waals surface area contributed by atoms with E-state index < -0.39 is 47.8 Å². The third-order valence-electron chi connectivity index (χ3n) is 5.00. The van der Waals surface area contributed by atoms with Crippen LogP contribution in [0.1, 0.15) is 29.3 Å². The second-order valence-electron chi connectivity index (χ2n) is 7.37. The lowest BCUT2D eigenvalue weighted by Crippen LogP contribution is -2.28. The number of carbonyl (C=O) groups is 4. The Hall–Kier alpha value is -3.89. The summed E-state index contributed by atoms with van der Waals surface area (Å²) >= 11 is 0. The minimum Gasteiger partial charge on any atom is -0.462 e. The molecule has 2 aromatic rings. The number of nitrogens with zero attached hydrogens (tertiary/aromatic N) is 1. The fourth-order valence-electron chi connectivity index (χ4n) is 3.39. The van der Waals surface area contributed by atoms with E-state index in [1.54, 1.807) is 19.1 Å². The number of hydrogen-bond acceptors (Lipinski definition) is 6. The van der Waals surface area contributed by atoms with E-state index in [0.29, 0.717) is 11.3 Å². The summed E-state index contributed by atoms with van der Waals surface area (Å²) < 4.78 is 48.9. The Morgan fingerprint density at radius 2 is 1.74 bits per heavy atom. The Labute approximate surface area is 192 Å². The lowest BCUT2D eigenvalue weighted by Gasteiger charge is -2.17. The molecular formula is C23H21F3N2O6. The molecule has 180 valence electrons. The topological polar surface area (TPSA) is 102 Å². The van der Waals surface area contributed by atoms with Gasteiger partial charge in [0.25, 0.3) is 5.91 Å². The monoisotopic (exact) mass is 478 g/mol. The molecule has 1 aliphatic rings. The highest BCUT2D eigenvalue weighted by molar-refractivity contribution is 6.00. The summed E-state index contributed by atoms with van der Waals surface area (Å²) in [6.45, 7) is 1.10. The number of esters is 2. The highest BCUT2D eigenvalue weighted by Crippen LogP contribution is 2.34. The van der Waals surface area contributed by atoms with E-state index in [2.05, 4.69) is 5.32 Å². The zero-order valence-corrected chi connectivity index (χ0v) is 18.1. The van der Waals surface area contributed by atoms with Crippen LogP contribution in [0, 0.1) is 5.92 Å². The van der Waals surface area contributed by atoms with E-state index in [4.69, 9.17) is 9.47 Å². The van der Waals surface area contributed by atoms with Gasteiger partial charge in [0, 0.05) is 18.7 Å². The Balaban J connectivity index is 1.55. The van der Waals surface area contributed by atoms with Gasteiger partial charge in [-0.25, -0.2) is 4.79 Å². The van der Waals surface area contributed by atoms with Crippen LogP contribution in [0.4, 0.5) is 24.5 Å². The summed E-state index contributed by atoms with van der Waals surface area (Å²) in [5.74, 6) is -3.47. The zero-order chi connectivity index (χ0) is 24.9. The van der Waals surface area contributed by atoms with Crippen LogP contribution in [0.3, 0.4) is 0 Å². The van der Waals surface area contributed by atoms with Gasteiger partial charge in [0.15, 0.2) is 6.61 Å². The predicted molar refractivity (Wildman–Crippen MR) is 114 cm³/mol. The number of rotatable bonds is 7. The Morgan fingerprint density at radius 1 is 1.06 bits per heavy atom. The van der Waals surface area contributed by atoms with E-state index in [9.17, 15) is 32.3 Å². The maximum atomic E-state index is 13.0. The zero-order valence-electron chi connectivity index (χ0n) is 18.1. The number of ether oxygens (including phenoxy) is 2. The van der Waals surface area contributed by atoms with Crippen molar-refractivity contribution in [1.29, 1.82) is 0 Å². The minimum absolute atomic E-state index is 0.00501. The maximum absolute atomic E-state index is 13.0. The van der Waals surface area contributed by atoms with Crippen molar-refractivity contribution in [3.63, 3.8) is 0 Å². The molecule has 0 bridgehead atoms. The molecule has 1 aliphatic heterocycles. The SMILES string of the molecule is CCOC(=O)c1ccc(N2C[C@H](C(=O)OCC(=O)Nc3ccccc3C(F)(F)F)CC2=O)cc1. The van der Waals surface area contributed by atoms with Crippen molar-refractivity contribution < 1.29 is 41.8 Å². The summed E-state index contributed by atoms with van der Waals surface area (Å²) in [6.07, 6.45) is -4.82. The number of para-hydroxylation sites is 1. The quantitative estimate of drug-likeness (QED) is 0.612. The molecule has 1 fully saturated rings. The molecule has 1 N–H and O–H groups in total. The van der Waals surface area contributed by atoms with Gasteiger partial charge in [0.2, 0.25) is 5.91 Å². The first-order valence-corrected chi connectivity index (χ1v) is 10.3. The van der Waals surface area contributed by atoms with Crippen LogP contribution in [0.25, 0.3) is 0 Å². The van der Waals surface area contributed by atoms with Crippen molar-refractivity contribution in [2.45, 2.75) is 19.5 Å². The molecule has 34 heavy (non-hydrogen) atoms. The Bertz CT molecular complexity index is 1080. The van der Waals surface area contributed by atoms with Crippen molar-refractivity contribution in [2.24, 2.45) is 5.92 Å². The third-order valence-corrected chi connectivity index (χ3v) is 5.00. The smallest absolute Gasteiger partial charge is 0.418 e. The van der Waals surface area contributed by atoms with Crippen molar-refractivity contribution in [3.8, 4) is 0 Å². The molecule has 2 aromatic carbocycles. The van der Waals surface area contributed by atoms with Gasteiger partial charge in [0.1, 0.15) is 0 Å². The first-order chi connectivity index (χ1) is 16.1. The first-order valence-electron chi connectivity index (χ1n) is 10.3. The summed E-state index contributed by atoms with van der Waals surface area (Å²) in [6, 6.07) is 10.5. The van der Waals surface area contributed by atoms with Crippen molar-refractivity contribution in [1.82, 2.24) is 0 Å². The number of benzene rings is 2. The highest BCUT2D eigenvalue weighted by Gasteiger charge is 2.37. The summed E-state index contributed by atoms with van der Waals surface area (Å²) in [4.78, 5) is 49.8. The molecule has 11 heteroatoms. The van der Waals surface area contributed by atoms with Crippen LogP contribution in [0.2, 0.25) is 0 Å². The fourth-order valence-corrected chi connectivity index (χ4v) is 3.39. The molecule has 0 saturated carbocycles. The first kappa shape index (κ1) is 24.7. The van der Waals surface area contributed by atoms with Gasteiger partial charge >= 0.3 is 18.1 Å². The third kappa shape index (κ3) is 5.91. The van der Waals surface area contributed by atoms with Crippen LogP contribution in [-0.2, 0) is 30.0 Å². The van der Waals surface area contributed by atoms with Crippen LogP contribution < -0.4 is 10.2 Å². The van der Waals surface area contributed by atoms with Gasteiger partial charge in [-0.2, -0.15) is 13.2 Å². The number of amides is 2. The molecule has 0 spiro atoms. The van der Waals surface area contributed by atoms with E-state index in [1.807, 2.05) is 0 Å². The normalized spacial score (nSPS) is 15.7. The van der Waals surface area contributed by atoms with E-state index >= 15 is 0 Å². The van der Waals surface area contributed by atoms with Gasteiger partial charge in [-0.3, -0.25) is 14.4 Å². The summed E-state index contributed by atoms with van der Waals surface area (Å²) in [5.41, 5.74) is -0.702. The number of halogens is 3. The van der Waals surface area contributed by atoms with Crippen LogP contribution in [0.15, 0.2) is 48.5 Å². The van der Waals surface area contributed by atoms with Crippen LogP contribution >= 0.6 is 0 Å². The number of hydrogen-bond donors (Lipinski definition) is 1. The van der Waals surface area contributed by atoms with E-state index in [0.717, 1.165) is 12.1 Å². The van der Waals surface area contributed by atoms with Crippen molar-refractivity contribution in [3.05, 3.63) is 59.7 Å². The molecule has 0 aromatic heterocycles. The molecule has 1 heterocycles. The molecular weight excluding hydrogens is 457 g/mol. The second kappa shape index (κ2) is 10.4. The largest absolute Gasteiger partial charge is 0.462 e. The fraction of sp³-hybridized carbons (Fsp3) is 0.304. The molecule has 0 radical (unpaired) electrons. The lowest BCUT2D eigenvalue weighted by molar-refractivity contribution is -0.151. The van der Waals surface area contributed by atoms with E-state index in [1.165, 1.54) is 29.2 Å². The number of nitrogens with one attached hydrogen (secondary N) is 1. The lowest BCUT2D eigenvalue weighted by atomic mass is 10.1. The molecule has 3 rings (SSSR count). The van der Waals surface area contributed by atoms with Crippen molar-refractivity contribution >= 4 is 35.1 Å². The van der Waals surface area contributed by atoms with Gasteiger partial charge in [0.05, 0.1) is 29.3 Å². The molecule has 2 amide bonds. The average molecular weight is 478 g/mol. The van der Waals surface area contributed by atoms with Gasteiger partial charge in [-0.1, -0.05) is 12.1 Å². The van der Waals surface area contributed by atoms with Crippen molar-refractivity contribution in [2.75, 3.05) is 30.0 Å². The Kier molecular flexibility index (Phi) is 7.54. The van der Waals surface area contributed by atoms with Crippen LogP contribution in [-0.4, -0.2) is 43.5 Å². The maximum Gasteiger partial charge on any atom is 0.418 e. The van der Waals surface area contributed by atoms with E-state index in [-0.39, 0.29) is 25.5 Å².